The molecule has 1 heterocycles. The van der Waals surface area contributed by atoms with E-state index >= 15 is 0 Å². The lowest BCUT2D eigenvalue weighted by Gasteiger charge is -2.30. The Labute approximate surface area is 302 Å². The molecule has 2 heteroatoms. The number of hydrogen-bond donors (Lipinski definition) is 0. The minimum atomic E-state index is -0.0212. The third-order valence-corrected chi connectivity index (χ3v) is 11.4. The molecule has 0 fully saturated rings. The first-order valence-electron chi connectivity index (χ1n) is 18.4. The van der Waals surface area contributed by atoms with Gasteiger partial charge in [-0.05, 0) is 74.6 Å². The smallest absolute Gasteiger partial charge is 0.154 e. The largest absolute Gasteiger partial charge is 0.262 e. The van der Waals surface area contributed by atoms with Crippen LogP contribution in [0.15, 0.2) is 174 Å². The van der Waals surface area contributed by atoms with E-state index in [2.05, 4.69) is 178 Å². The summed E-state index contributed by atoms with van der Waals surface area (Å²) in [7, 11) is 0. The number of aliphatic imine (C=N–C) groups is 2. The molecule has 2 nitrogen and oxygen atoms in total. The number of hydrogen-bond acceptors (Lipinski definition) is 2. The average Bonchev–Trinajstić information content (AvgIpc) is 3.44. The molecule has 3 atom stereocenters. The minimum Gasteiger partial charge on any atom is -0.262 e. The first-order valence-corrected chi connectivity index (χ1v) is 18.4. The van der Waals surface area contributed by atoms with Crippen molar-refractivity contribution in [2.24, 2.45) is 21.8 Å². The molecule has 0 aromatic heterocycles. The zero-order chi connectivity index (χ0) is 34.4. The summed E-state index contributed by atoms with van der Waals surface area (Å²) in [4.78, 5) is 10.8. The van der Waals surface area contributed by atoms with Gasteiger partial charge in [0.2, 0.25) is 0 Å². The highest BCUT2D eigenvalue weighted by molar-refractivity contribution is 6.10. The van der Waals surface area contributed by atoms with Crippen LogP contribution in [-0.4, -0.2) is 17.6 Å². The fourth-order valence-electron chi connectivity index (χ4n) is 8.45. The fraction of sp³-hybridized carbons (Fsp3) is 0.184. The summed E-state index contributed by atoms with van der Waals surface area (Å²) in [6.45, 7) is 4.72. The minimum absolute atomic E-state index is 0.0212. The maximum absolute atomic E-state index is 5.43. The molecule has 0 saturated carbocycles. The number of amidine groups is 1. The van der Waals surface area contributed by atoms with Gasteiger partial charge >= 0.3 is 0 Å². The second-order valence-electron chi connectivity index (χ2n) is 14.9. The first kappa shape index (κ1) is 31.4. The molecule has 0 radical (unpaired) electrons. The number of benzene rings is 5. The molecule has 5 aromatic rings. The van der Waals surface area contributed by atoms with Crippen LogP contribution in [0.2, 0.25) is 0 Å². The Morgan fingerprint density at radius 2 is 1.25 bits per heavy atom. The maximum atomic E-state index is 5.43. The van der Waals surface area contributed by atoms with Crippen molar-refractivity contribution in [3.63, 3.8) is 0 Å². The van der Waals surface area contributed by atoms with Gasteiger partial charge in [0, 0.05) is 34.9 Å². The number of nitrogens with zero attached hydrogens (tertiary/aromatic N) is 2. The molecular weight excluding hydrogens is 617 g/mol. The summed E-state index contributed by atoms with van der Waals surface area (Å²) in [5.74, 6) is 1.40. The quantitative estimate of drug-likeness (QED) is 0.173. The maximum Gasteiger partial charge on any atom is 0.154 e. The zero-order valence-electron chi connectivity index (χ0n) is 29.3. The Kier molecular flexibility index (Phi) is 7.96. The Hall–Kier alpha value is -5.60. The van der Waals surface area contributed by atoms with E-state index in [1.807, 2.05) is 0 Å². The molecule has 248 valence electrons. The second kappa shape index (κ2) is 12.9. The molecule has 4 aliphatic rings. The summed E-state index contributed by atoms with van der Waals surface area (Å²) in [5, 5.41) is 0. The molecule has 1 aliphatic heterocycles. The summed E-state index contributed by atoms with van der Waals surface area (Å²) < 4.78 is 0. The highest BCUT2D eigenvalue weighted by Gasteiger charge is 2.36. The number of allylic oxidation sites excluding steroid dienone is 7. The van der Waals surface area contributed by atoms with Crippen molar-refractivity contribution in [2.45, 2.75) is 44.6 Å². The molecule has 0 bridgehead atoms. The molecule has 0 N–H and O–H groups in total. The van der Waals surface area contributed by atoms with E-state index in [1.165, 1.54) is 61.4 Å². The van der Waals surface area contributed by atoms with E-state index in [9.17, 15) is 0 Å². The number of rotatable bonds is 6. The van der Waals surface area contributed by atoms with Gasteiger partial charge < -0.3 is 0 Å². The van der Waals surface area contributed by atoms with Crippen molar-refractivity contribution in [1.29, 1.82) is 0 Å². The molecule has 0 saturated heterocycles. The third-order valence-electron chi connectivity index (χ3n) is 11.4. The Bertz CT molecular complexity index is 2300. The molecular formula is C49H42N2. The zero-order valence-corrected chi connectivity index (χ0v) is 29.3. The van der Waals surface area contributed by atoms with Gasteiger partial charge in [-0.3, -0.25) is 4.99 Å². The molecule has 51 heavy (non-hydrogen) atoms. The first-order chi connectivity index (χ1) is 25.0. The van der Waals surface area contributed by atoms with Crippen LogP contribution in [0.1, 0.15) is 60.9 Å². The van der Waals surface area contributed by atoms with Crippen LogP contribution in [0, 0.1) is 11.8 Å². The van der Waals surface area contributed by atoms with Gasteiger partial charge in [-0.2, -0.15) is 0 Å². The molecule has 0 spiro atoms. The van der Waals surface area contributed by atoms with E-state index < -0.39 is 0 Å². The van der Waals surface area contributed by atoms with Gasteiger partial charge in [0.05, 0.1) is 6.04 Å². The van der Waals surface area contributed by atoms with Crippen molar-refractivity contribution in [3.05, 3.63) is 192 Å². The van der Waals surface area contributed by atoms with E-state index in [4.69, 9.17) is 9.98 Å². The van der Waals surface area contributed by atoms with Gasteiger partial charge in [-0.1, -0.05) is 172 Å². The van der Waals surface area contributed by atoms with Crippen LogP contribution >= 0.6 is 0 Å². The Morgan fingerprint density at radius 1 is 0.588 bits per heavy atom. The Morgan fingerprint density at radius 3 is 2.02 bits per heavy atom. The summed E-state index contributed by atoms with van der Waals surface area (Å²) in [6.07, 6.45) is 17.0. The van der Waals surface area contributed by atoms with Crippen molar-refractivity contribution in [3.8, 4) is 22.3 Å². The highest BCUT2D eigenvalue weighted by atomic mass is 15.0. The standard InChI is InChI=1S/C49H42N2/c1-49(2)44-19-10-9-18-42(44)43-29-28-40(31-45(43)49)39-16-11-17-41(30-39)47-32-46(37-24-20-35(21-25-37)33-12-5-3-6-13-33)50-48(51-47)38-26-22-36(23-27-38)34-14-7-4-8-15-34/h3-16,18-24,26-31,37,41,47H,17,25,32H2,1-2H3. The molecule has 3 unspecified atom stereocenters. The van der Waals surface area contributed by atoms with Crippen LogP contribution in [0.5, 0.6) is 0 Å². The van der Waals surface area contributed by atoms with E-state index in [-0.39, 0.29) is 23.3 Å². The predicted octanol–water partition coefficient (Wildman–Crippen LogP) is 11.9. The molecule has 5 aromatic carbocycles. The van der Waals surface area contributed by atoms with Crippen LogP contribution in [0.3, 0.4) is 0 Å². The van der Waals surface area contributed by atoms with Gasteiger partial charge in [-0.25, -0.2) is 4.99 Å². The fourth-order valence-corrected chi connectivity index (χ4v) is 8.45. The van der Waals surface area contributed by atoms with Gasteiger partial charge in [0.25, 0.3) is 0 Å². The average molecular weight is 659 g/mol. The molecule has 9 rings (SSSR count). The monoisotopic (exact) mass is 658 g/mol. The van der Waals surface area contributed by atoms with Crippen molar-refractivity contribution in [1.82, 2.24) is 0 Å². The summed E-state index contributed by atoms with van der Waals surface area (Å²) in [5.41, 5.74) is 15.4. The van der Waals surface area contributed by atoms with Gasteiger partial charge in [0.15, 0.2) is 5.84 Å². The third kappa shape index (κ3) is 5.89. The van der Waals surface area contributed by atoms with Gasteiger partial charge in [0.1, 0.15) is 0 Å². The second-order valence-corrected chi connectivity index (χ2v) is 14.9. The lowest BCUT2D eigenvalue weighted by Crippen LogP contribution is -2.31. The van der Waals surface area contributed by atoms with E-state index in [0.29, 0.717) is 0 Å². The molecule has 0 amide bonds. The van der Waals surface area contributed by atoms with Crippen LogP contribution in [-0.2, 0) is 5.41 Å². The van der Waals surface area contributed by atoms with Crippen molar-refractivity contribution >= 4 is 22.7 Å². The number of fused-ring (bicyclic) bond motifs is 3. The lowest BCUT2D eigenvalue weighted by molar-refractivity contribution is 0.510. The van der Waals surface area contributed by atoms with E-state index in [0.717, 1.165) is 30.7 Å². The van der Waals surface area contributed by atoms with Crippen molar-refractivity contribution < 1.29 is 0 Å². The summed E-state index contributed by atoms with van der Waals surface area (Å²) in [6, 6.07) is 46.1. The lowest BCUT2D eigenvalue weighted by atomic mass is 9.79. The highest BCUT2D eigenvalue weighted by Crippen LogP contribution is 2.49. The van der Waals surface area contributed by atoms with Crippen molar-refractivity contribution in [2.75, 3.05) is 0 Å². The predicted molar refractivity (Wildman–Crippen MR) is 215 cm³/mol. The SMILES string of the molecule is CC1(C)c2ccccc2-c2ccc(C3=CC(C4CC(C5C=CC(c6ccccc6)=CC5)=NC(c5ccc(-c6ccccc6)cc5)=N4)CC=C3)cc21. The van der Waals surface area contributed by atoms with Crippen LogP contribution in [0.25, 0.3) is 33.4 Å². The topological polar surface area (TPSA) is 24.7 Å². The van der Waals surface area contributed by atoms with Crippen LogP contribution in [0.4, 0.5) is 0 Å². The summed E-state index contributed by atoms with van der Waals surface area (Å²) >= 11 is 0. The van der Waals surface area contributed by atoms with E-state index in [1.54, 1.807) is 0 Å². The molecule has 3 aliphatic carbocycles. The Balaban J connectivity index is 1.04. The van der Waals surface area contributed by atoms with Crippen LogP contribution < -0.4 is 0 Å². The normalized spacial score (nSPS) is 21.6. The van der Waals surface area contributed by atoms with Gasteiger partial charge in [-0.15, -0.1) is 0 Å².